The molecule has 0 aromatic carbocycles. The second kappa shape index (κ2) is 16.7. The highest BCUT2D eigenvalue weighted by Gasteiger charge is 2.35. The van der Waals surface area contributed by atoms with Crippen molar-refractivity contribution in [2.45, 2.75) is 95.9 Å². The summed E-state index contributed by atoms with van der Waals surface area (Å²) in [6, 6.07) is -0.493. The van der Waals surface area contributed by atoms with Crippen LogP contribution >= 0.6 is 0 Å². The quantitative estimate of drug-likeness (QED) is 0.0839. The van der Waals surface area contributed by atoms with Gasteiger partial charge in [0.25, 0.3) is 0 Å². The van der Waals surface area contributed by atoms with Crippen molar-refractivity contribution >= 4 is 15.0 Å². The summed E-state index contributed by atoms with van der Waals surface area (Å²) in [6.45, 7) is 3.84. The molecule has 0 aliphatic rings. The minimum absolute atomic E-state index is 0.340. The van der Waals surface area contributed by atoms with Crippen LogP contribution in [0.15, 0.2) is 12.7 Å². The van der Waals surface area contributed by atoms with Crippen LogP contribution in [0.3, 0.4) is 0 Å². The highest BCUT2D eigenvalue weighted by atomic mass is 28.5. The summed E-state index contributed by atoms with van der Waals surface area (Å²) < 4.78 is 41.2. The van der Waals surface area contributed by atoms with Crippen LogP contribution in [0.1, 0.15) is 89.9 Å². The predicted octanol–water partition coefficient (Wildman–Crippen LogP) is 7.02. The lowest BCUT2D eigenvalue weighted by Gasteiger charge is -2.04. The van der Waals surface area contributed by atoms with Crippen LogP contribution in [0.4, 0.5) is 12.3 Å². The molecule has 0 heterocycles. The van der Waals surface area contributed by atoms with Gasteiger partial charge in [-0.25, -0.2) is 17.1 Å². The van der Waals surface area contributed by atoms with Crippen molar-refractivity contribution in [3.05, 3.63) is 12.7 Å². The van der Waals surface area contributed by atoms with Crippen molar-refractivity contribution in [1.29, 1.82) is 0 Å². The summed E-state index contributed by atoms with van der Waals surface area (Å²) in [7, 11) is -5.29. The first kappa shape index (κ1) is 24.2. The number of hydrogen-bond acceptors (Lipinski definition) is 2. The molecule has 0 unspecified atom stereocenters. The Balaban J connectivity index is 3.07. The van der Waals surface area contributed by atoms with Crippen LogP contribution in [0, 0.1) is 0 Å². The topological polar surface area (TPSA) is 26.3 Å². The van der Waals surface area contributed by atoms with Gasteiger partial charge in [-0.3, -0.25) is 0 Å². The zero-order chi connectivity index (χ0) is 18.8. The Bertz CT molecular complexity index is 333. The second-order valence-corrected chi connectivity index (χ2v) is 8.42. The number of carbonyl (C=O) groups is 1. The fraction of sp³-hybridized carbons (Fsp3) is 0.842. The lowest BCUT2D eigenvalue weighted by Crippen LogP contribution is -2.13. The van der Waals surface area contributed by atoms with Gasteiger partial charge in [0.15, 0.2) is 0 Å². The van der Waals surface area contributed by atoms with Gasteiger partial charge in [-0.05, 0) is 12.8 Å². The molecule has 0 aliphatic carbocycles. The van der Waals surface area contributed by atoms with E-state index in [0.717, 1.165) is 38.5 Å². The third kappa shape index (κ3) is 21.2. The summed E-state index contributed by atoms with van der Waals surface area (Å²) in [4.78, 5) is 10.8. The molecule has 0 radical (unpaired) electrons. The Morgan fingerprint density at radius 2 is 1.08 bits per heavy atom. The van der Waals surface area contributed by atoms with E-state index < -0.39 is 15.1 Å². The number of esters is 1. The molecular weight excluding hydrogens is 345 g/mol. The van der Waals surface area contributed by atoms with Gasteiger partial charge in [0.2, 0.25) is 0 Å². The second-order valence-electron chi connectivity index (χ2n) is 6.69. The van der Waals surface area contributed by atoms with E-state index in [2.05, 4.69) is 6.58 Å². The van der Waals surface area contributed by atoms with Crippen LogP contribution in [0.2, 0.25) is 6.04 Å². The average molecular weight is 381 g/mol. The zero-order valence-corrected chi connectivity index (χ0v) is 16.5. The molecule has 0 spiro atoms. The van der Waals surface area contributed by atoms with Crippen LogP contribution in [-0.2, 0) is 9.53 Å². The Kier molecular flexibility index (Phi) is 16.2. The molecule has 0 N–H and O–H groups in total. The highest BCUT2D eigenvalue weighted by Crippen LogP contribution is 2.20. The van der Waals surface area contributed by atoms with Crippen molar-refractivity contribution < 1.29 is 21.9 Å². The zero-order valence-electron chi connectivity index (χ0n) is 15.5. The molecular formula is C19H35F3O2Si. The molecule has 25 heavy (non-hydrogen) atoms. The largest absolute Gasteiger partial charge is 0.616 e. The molecule has 0 saturated heterocycles. The lowest BCUT2D eigenvalue weighted by atomic mass is 10.0. The average Bonchev–Trinajstić information content (AvgIpc) is 2.56. The molecule has 2 nitrogen and oxygen atoms in total. The third-order valence-corrected chi connectivity index (χ3v) is 5.19. The predicted molar refractivity (Wildman–Crippen MR) is 99.7 cm³/mol. The molecule has 0 rings (SSSR count). The standard InChI is InChI=1S/C19H35F3O2Si/c1-2-19(23)24-17-15-13-11-9-7-5-3-4-6-8-10-12-14-16-18-25(20,21)22/h2H,1,3-18H2. The minimum Gasteiger partial charge on any atom is -0.463 e. The molecule has 0 amide bonds. The smallest absolute Gasteiger partial charge is 0.463 e. The van der Waals surface area contributed by atoms with E-state index in [1.807, 2.05) is 0 Å². The molecule has 0 aromatic rings. The normalized spacial score (nSPS) is 11.5. The highest BCUT2D eigenvalue weighted by molar-refractivity contribution is 6.58. The summed E-state index contributed by atoms with van der Waals surface area (Å²) in [6.07, 6.45) is 16.1. The SMILES string of the molecule is C=CC(=O)OCCCCCCCCCCCCCCCC[Si](F)(F)F. The van der Waals surface area contributed by atoms with E-state index in [1.165, 1.54) is 51.0 Å². The molecule has 0 bridgehead atoms. The number of ether oxygens (including phenoxy) is 1. The Labute approximate surface area is 152 Å². The molecule has 0 saturated carbocycles. The van der Waals surface area contributed by atoms with E-state index in [4.69, 9.17) is 4.74 Å². The fourth-order valence-electron chi connectivity index (χ4n) is 2.78. The summed E-state index contributed by atoms with van der Waals surface area (Å²) in [5.74, 6) is -0.344. The first-order valence-electron chi connectivity index (χ1n) is 9.81. The first-order chi connectivity index (χ1) is 12.0. The molecule has 0 aromatic heterocycles. The van der Waals surface area contributed by atoms with Crippen LogP contribution in [-0.4, -0.2) is 21.7 Å². The van der Waals surface area contributed by atoms with Gasteiger partial charge in [0.1, 0.15) is 0 Å². The first-order valence-corrected chi connectivity index (χ1v) is 11.7. The number of halogens is 3. The summed E-state index contributed by atoms with van der Waals surface area (Å²) in [5, 5.41) is 0. The number of unbranched alkanes of at least 4 members (excludes halogenated alkanes) is 13. The van der Waals surface area contributed by atoms with Gasteiger partial charge in [0.05, 0.1) is 6.61 Å². The van der Waals surface area contributed by atoms with Crippen molar-refractivity contribution in [2.75, 3.05) is 6.61 Å². The van der Waals surface area contributed by atoms with Gasteiger partial charge in [-0.15, -0.1) is 0 Å². The monoisotopic (exact) mass is 380 g/mol. The maximum absolute atomic E-state index is 12.1. The van der Waals surface area contributed by atoms with E-state index in [1.54, 1.807) is 0 Å². The van der Waals surface area contributed by atoms with E-state index >= 15 is 0 Å². The minimum atomic E-state index is -5.29. The summed E-state index contributed by atoms with van der Waals surface area (Å²) >= 11 is 0. The number of hydrogen-bond donors (Lipinski definition) is 0. The van der Waals surface area contributed by atoms with Gasteiger partial charge < -0.3 is 4.74 Å². The Morgan fingerprint density at radius 3 is 1.44 bits per heavy atom. The van der Waals surface area contributed by atoms with Gasteiger partial charge >= 0.3 is 15.0 Å². The Hall–Kier alpha value is -0.783. The number of carbonyl (C=O) groups excluding carboxylic acids is 1. The van der Waals surface area contributed by atoms with Crippen LogP contribution < -0.4 is 0 Å². The van der Waals surface area contributed by atoms with Crippen molar-refractivity contribution in [2.24, 2.45) is 0 Å². The lowest BCUT2D eigenvalue weighted by molar-refractivity contribution is -0.137. The van der Waals surface area contributed by atoms with E-state index in [9.17, 15) is 17.1 Å². The third-order valence-electron chi connectivity index (χ3n) is 4.27. The van der Waals surface area contributed by atoms with E-state index in [0.29, 0.717) is 13.0 Å². The van der Waals surface area contributed by atoms with Crippen LogP contribution in [0.25, 0.3) is 0 Å². The van der Waals surface area contributed by atoms with Crippen molar-refractivity contribution in [3.8, 4) is 0 Å². The van der Waals surface area contributed by atoms with Crippen molar-refractivity contribution in [1.82, 2.24) is 0 Å². The molecule has 148 valence electrons. The molecule has 6 heteroatoms. The number of rotatable bonds is 18. The van der Waals surface area contributed by atoms with Gasteiger partial charge in [0, 0.05) is 12.1 Å². The van der Waals surface area contributed by atoms with Gasteiger partial charge in [-0.2, -0.15) is 0 Å². The maximum Gasteiger partial charge on any atom is 0.616 e. The Morgan fingerprint density at radius 1 is 0.720 bits per heavy atom. The fourth-order valence-corrected chi connectivity index (χ4v) is 3.43. The van der Waals surface area contributed by atoms with E-state index in [-0.39, 0.29) is 5.97 Å². The summed E-state index contributed by atoms with van der Waals surface area (Å²) in [5.41, 5.74) is 0. The van der Waals surface area contributed by atoms with Crippen molar-refractivity contribution in [3.63, 3.8) is 0 Å². The molecule has 0 fully saturated rings. The maximum atomic E-state index is 12.1. The van der Waals surface area contributed by atoms with Gasteiger partial charge in [-0.1, -0.05) is 83.6 Å². The van der Waals surface area contributed by atoms with Crippen LogP contribution in [0.5, 0.6) is 0 Å². The molecule has 0 atom stereocenters. The molecule has 0 aliphatic heterocycles.